The van der Waals surface area contributed by atoms with E-state index in [4.69, 9.17) is 0 Å². The average molecular weight is 444 g/mol. The van der Waals surface area contributed by atoms with E-state index in [1.807, 2.05) is 25.3 Å². The monoisotopic (exact) mass is 443 g/mol. The van der Waals surface area contributed by atoms with Crippen molar-refractivity contribution in [3.05, 3.63) is 75.2 Å². The van der Waals surface area contributed by atoms with Crippen molar-refractivity contribution in [1.82, 2.24) is 10.3 Å². The van der Waals surface area contributed by atoms with Crippen LogP contribution in [0.2, 0.25) is 0 Å². The third kappa shape index (κ3) is 5.06. The highest BCUT2D eigenvalue weighted by molar-refractivity contribution is 7.92. The molecule has 0 saturated carbocycles. The van der Waals surface area contributed by atoms with Gasteiger partial charge in [0.05, 0.1) is 27.8 Å². The number of carbonyl (C=O) groups is 1. The second kappa shape index (κ2) is 8.97. The summed E-state index contributed by atoms with van der Waals surface area (Å²) in [5.74, 6) is 0.0756. The van der Waals surface area contributed by atoms with E-state index in [1.54, 1.807) is 23.5 Å². The van der Waals surface area contributed by atoms with Crippen LogP contribution in [0.5, 0.6) is 0 Å². The maximum absolute atomic E-state index is 12.7. The molecule has 1 aromatic heterocycles. The predicted molar refractivity (Wildman–Crippen MR) is 121 cm³/mol. The number of anilines is 1. The summed E-state index contributed by atoms with van der Waals surface area (Å²) in [6, 6.07) is 11.3. The van der Waals surface area contributed by atoms with Crippen molar-refractivity contribution in [3.8, 4) is 0 Å². The maximum Gasteiger partial charge on any atom is 0.261 e. The van der Waals surface area contributed by atoms with Gasteiger partial charge in [0.1, 0.15) is 0 Å². The maximum atomic E-state index is 12.7. The predicted octanol–water partition coefficient (Wildman–Crippen LogP) is 4.61. The number of benzene rings is 2. The lowest BCUT2D eigenvalue weighted by Crippen LogP contribution is -2.23. The van der Waals surface area contributed by atoms with Crippen LogP contribution in [0.25, 0.3) is 0 Å². The van der Waals surface area contributed by atoms with E-state index in [0.29, 0.717) is 23.7 Å². The molecule has 0 bridgehead atoms. The summed E-state index contributed by atoms with van der Waals surface area (Å²) in [5.41, 5.74) is 3.62. The van der Waals surface area contributed by atoms with E-state index in [1.165, 1.54) is 24.3 Å². The Labute approximate surface area is 181 Å². The molecule has 1 heterocycles. The molecule has 0 spiro atoms. The number of carbonyl (C=O) groups excluding carboxylic acids is 1. The van der Waals surface area contributed by atoms with Crippen molar-refractivity contribution >= 4 is 33.0 Å². The Morgan fingerprint density at radius 3 is 2.43 bits per heavy atom. The molecular weight excluding hydrogens is 418 g/mol. The van der Waals surface area contributed by atoms with Crippen LogP contribution in [0.4, 0.5) is 5.69 Å². The quantitative estimate of drug-likeness (QED) is 0.558. The molecule has 158 valence electrons. The van der Waals surface area contributed by atoms with Crippen molar-refractivity contribution in [3.63, 3.8) is 0 Å². The molecule has 0 aliphatic heterocycles. The van der Waals surface area contributed by atoms with Crippen LogP contribution in [0, 0.1) is 13.8 Å². The van der Waals surface area contributed by atoms with Gasteiger partial charge in [-0.15, -0.1) is 11.3 Å². The van der Waals surface area contributed by atoms with Gasteiger partial charge in [-0.25, -0.2) is 13.4 Å². The fourth-order valence-corrected chi connectivity index (χ4v) is 4.75. The first-order chi connectivity index (χ1) is 14.2. The fourth-order valence-electron chi connectivity index (χ4n) is 2.79. The van der Waals surface area contributed by atoms with Crippen molar-refractivity contribution in [2.45, 2.75) is 45.1 Å². The molecule has 30 heavy (non-hydrogen) atoms. The molecule has 8 heteroatoms. The molecule has 3 aromatic rings. The van der Waals surface area contributed by atoms with Gasteiger partial charge in [0, 0.05) is 16.9 Å². The zero-order chi connectivity index (χ0) is 21.9. The lowest BCUT2D eigenvalue weighted by Gasteiger charge is -2.12. The summed E-state index contributed by atoms with van der Waals surface area (Å²) < 4.78 is 28.0. The normalized spacial score (nSPS) is 11.5. The summed E-state index contributed by atoms with van der Waals surface area (Å²) in [4.78, 5) is 17.0. The van der Waals surface area contributed by atoms with E-state index in [0.717, 1.165) is 21.8 Å². The molecule has 0 aliphatic carbocycles. The van der Waals surface area contributed by atoms with Gasteiger partial charge < -0.3 is 5.32 Å². The first-order valence-electron chi connectivity index (χ1n) is 9.59. The Balaban J connectivity index is 1.67. The van der Waals surface area contributed by atoms with Gasteiger partial charge in [-0.1, -0.05) is 26.0 Å². The Hall–Kier alpha value is -2.71. The third-order valence-corrected chi connectivity index (χ3v) is 7.34. The van der Waals surface area contributed by atoms with E-state index in [2.05, 4.69) is 28.9 Å². The minimum Gasteiger partial charge on any atom is -0.346 e. The molecule has 3 rings (SSSR count). The Morgan fingerprint density at radius 2 is 1.80 bits per heavy atom. The van der Waals surface area contributed by atoms with Gasteiger partial charge in [-0.05, 0) is 55.3 Å². The highest BCUT2D eigenvalue weighted by Gasteiger charge is 2.17. The number of nitrogens with one attached hydrogen (secondary N) is 2. The Kier molecular flexibility index (Phi) is 6.58. The number of nitrogens with zero attached hydrogens (tertiary/aromatic N) is 1. The number of thiazole rings is 1. The number of hydrogen-bond donors (Lipinski definition) is 2. The third-order valence-electron chi connectivity index (χ3n) is 4.77. The molecule has 0 atom stereocenters. The number of amides is 1. The van der Waals surface area contributed by atoms with Crippen molar-refractivity contribution in [2.24, 2.45) is 0 Å². The van der Waals surface area contributed by atoms with Crippen molar-refractivity contribution < 1.29 is 13.2 Å². The number of hydrogen-bond acceptors (Lipinski definition) is 5. The SMILES string of the molecule is Cc1cccc(NS(=O)(=O)c2ccc(C(=O)NCc3csc(C(C)C)n3)cc2)c1C. The zero-order valence-electron chi connectivity index (χ0n) is 17.4. The van der Waals surface area contributed by atoms with E-state index >= 15 is 0 Å². The second-order valence-corrected chi connectivity index (χ2v) is 9.96. The first kappa shape index (κ1) is 22.0. The minimum absolute atomic E-state index is 0.0982. The number of aryl methyl sites for hydroxylation is 1. The van der Waals surface area contributed by atoms with Crippen LogP contribution < -0.4 is 10.0 Å². The fraction of sp³-hybridized carbons (Fsp3) is 0.273. The summed E-state index contributed by atoms with van der Waals surface area (Å²) in [6.07, 6.45) is 0. The summed E-state index contributed by atoms with van der Waals surface area (Å²) in [5, 5.41) is 5.79. The van der Waals surface area contributed by atoms with Crippen LogP contribution in [0.15, 0.2) is 52.7 Å². The molecule has 6 nitrogen and oxygen atoms in total. The second-order valence-electron chi connectivity index (χ2n) is 7.39. The first-order valence-corrected chi connectivity index (χ1v) is 12.0. The topological polar surface area (TPSA) is 88.2 Å². The van der Waals surface area contributed by atoms with Gasteiger partial charge >= 0.3 is 0 Å². The number of sulfonamides is 1. The molecule has 0 aliphatic rings. The Morgan fingerprint density at radius 1 is 1.10 bits per heavy atom. The van der Waals surface area contributed by atoms with Crippen molar-refractivity contribution in [2.75, 3.05) is 4.72 Å². The van der Waals surface area contributed by atoms with Crippen LogP contribution in [-0.4, -0.2) is 19.3 Å². The summed E-state index contributed by atoms with van der Waals surface area (Å²) >= 11 is 1.58. The van der Waals surface area contributed by atoms with Gasteiger partial charge in [0.25, 0.3) is 15.9 Å². The van der Waals surface area contributed by atoms with E-state index in [-0.39, 0.29) is 10.8 Å². The number of rotatable bonds is 7. The standard InChI is InChI=1S/C22H25N3O3S2/c1-14(2)22-24-18(13-29-22)12-23-21(26)17-8-10-19(11-9-17)30(27,28)25-20-7-5-6-15(3)16(20)4/h5-11,13-14,25H,12H2,1-4H3,(H,23,26). The van der Waals surface area contributed by atoms with Gasteiger partial charge in [-0.2, -0.15) is 0 Å². The highest BCUT2D eigenvalue weighted by atomic mass is 32.2. The van der Waals surface area contributed by atoms with Gasteiger partial charge in [-0.3, -0.25) is 9.52 Å². The summed E-state index contributed by atoms with van der Waals surface area (Å²) in [7, 11) is -3.75. The van der Waals surface area contributed by atoms with Crippen LogP contribution in [-0.2, 0) is 16.6 Å². The molecule has 2 N–H and O–H groups in total. The van der Waals surface area contributed by atoms with Crippen molar-refractivity contribution in [1.29, 1.82) is 0 Å². The van der Waals surface area contributed by atoms with Gasteiger partial charge in [0.15, 0.2) is 0 Å². The Bertz CT molecular complexity index is 1150. The smallest absolute Gasteiger partial charge is 0.261 e. The van der Waals surface area contributed by atoms with E-state index < -0.39 is 10.0 Å². The molecule has 0 saturated heterocycles. The lowest BCUT2D eigenvalue weighted by atomic mass is 10.1. The van der Waals surface area contributed by atoms with E-state index in [9.17, 15) is 13.2 Å². The highest BCUT2D eigenvalue weighted by Crippen LogP contribution is 2.22. The summed E-state index contributed by atoms with van der Waals surface area (Å²) in [6.45, 7) is 8.27. The average Bonchev–Trinajstić information content (AvgIpc) is 3.19. The van der Waals surface area contributed by atoms with Gasteiger partial charge in [0.2, 0.25) is 0 Å². The largest absolute Gasteiger partial charge is 0.346 e. The molecule has 1 amide bonds. The molecule has 0 radical (unpaired) electrons. The van der Waals surface area contributed by atoms with Crippen LogP contribution >= 0.6 is 11.3 Å². The molecule has 0 unspecified atom stereocenters. The molecule has 2 aromatic carbocycles. The van der Waals surface area contributed by atoms with Crippen LogP contribution in [0.1, 0.15) is 52.0 Å². The zero-order valence-corrected chi connectivity index (χ0v) is 19.0. The number of aromatic nitrogens is 1. The minimum atomic E-state index is -3.75. The molecular formula is C22H25N3O3S2. The molecule has 0 fully saturated rings. The lowest BCUT2D eigenvalue weighted by molar-refractivity contribution is 0.0950. The van der Waals surface area contributed by atoms with Crippen LogP contribution in [0.3, 0.4) is 0 Å².